The monoisotopic (exact) mass is 472 g/mol. The molecule has 2 heterocycles. The molecule has 0 aliphatic rings. The van der Waals surface area contributed by atoms with Gasteiger partial charge in [0.1, 0.15) is 6.04 Å². The maximum atomic E-state index is 13.5. The summed E-state index contributed by atoms with van der Waals surface area (Å²) in [6, 6.07) is 12.1. The average Bonchev–Trinajstić information content (AvgIpc) is 3.37. The Kier molecular flexibility index (Phi) is 7.24. The van der Waals surface area contributed by atoms with Crippen molar-refractivity contribution in [2.24, 2.45) is 0 Å². The van der Waals surface area contributed by atoms with Gasteiger partial charge in [0.15, 0.2) is 11.6 Å². The fourth-order valence-corrected chi connectivity index (χ4v) is 3.20. The molecule has 34 heavy (non-hydrogen) atoms. The molecule has 0 fully saturated rings. The van der Waals surface area contributed by atoms with Crippen molar-refractivity contribution in [2.75, 3.05) is 6.54 Å². The second-order valence-electron chi connectivity index (χ2n) is 7.47. The third-order valence-electron chi connectivity index (χ3n) is 5.02. The number of nitrogens with one attached hydrogen (secondary N) is 2. The van der Waals surface area contributed by atoms with E-state index in [0.29, 0.717) is 22.8 Å². The number of hydrogen-bond donors (Lipinski definition) is 2. The van der Waals surface area contributed by atoms with Gasteiger partial charge in [-0.25, -0.2) is 14.4 Å². The van der Waals surface area contributed by atoms with Gasteiger partial charge in [-0.05, 0) is 23.3 Å². The first-order valence-corrected chi connectivity index (χ1v) is 10.3. The molecular weight excluding hydrogens is 452 g/mol. The van der Waals surface area contributed by atoms with Crippen LogP contribution in [0.3, 0.4) is 0 Å². The number of halogens is 4. The van der Waals surface area contributed by atoms with Crippen molar-refractivity contribution in [3.63, 3.8) is 0 Å². The molecule has 0 saturated carbocycles. The summed E-state index contributed by atoms with van der Waals surface area (Å²) in [5.41, 5.74) is 2.86. The van der Waals surface area contributed by atoms with Crippen molar-refractivity contribution in [3.05, 3.63) is 84.3 Å². The third kappa shape index (κ3) is 6.21. The van der Waals surface area contributed by atoms with Gasteiger partial charge in [0.2, 0.25) is 12.3 Å². The molecule has 176 valence electrons. The van der Waals surface area contributed by atoms with Crippen LogP contribution in [0.1, 0.15) is 11.1 Å². The van der Waals surface area contributed by atoms with E-state index in [1.807, 2.05) is 0 Å². The Morgan fingerprint density at radius 1 is 0.853 bits per heavy atom. The van der Waals surface area contributed by atoms with Gasteiger partial charge < -0.3 is 15.1 Å². The summed E-state index contributed by atoms with van der Waals surface area (Å²) in [6.45, 7) is -0.00353. The van der Waals surface area contributed by atoms with E-state index in [2.05, 4.69) is 30.8 Å². The number of hydrogen-bond acceptors (Lipinski definition) is 7. The molecule has 1 atom stereocenters. The van der Waals surface area contributed by atoms with Crippen LogP contribution in [0.4, 0.5) is 17.6 Å². The SMILES string of the molecule is Fc1cnc(-c2ccc(CNC(CNCc3ccc(-c4nnco4)cc3)C(F)(F)F)cc2)nc1. The van der Waals surface area contributed by atoms with Crippen molar-refractivity contribution >= 4 is 0 Å². The Morgan fingerprint density at radius 2 is 1.47 bits per heavy atom. The zero-order chi connectivity index (χ0) is 24.0. The Bertz CT molecular complexity index is 1160. The maximum Gasteiger partial charge on any atom is 0.405 e. The van der Waals surface area contributed by atoms with Crippen LogP contribution < -0.4 is 10.6 Å². The molecule has 1 unspecified atom stereocenters. The fraction of sp³-hybridized carbons (Fsp3) is 0.217. The lowest BCUT2D eigenvalue weighted by Gasteiger charge is -2.22. The van der Waals surface area contributed by atoms with E-state index >= 15 is 0 Å². The summed E-state index contributed by atoms with van der Waals surface area (Å²) in [4.78, 5) is 7.78. The van der Waals surface area contributed by atoms with Crippen molar-refractivity contribution < 1.29 is 22.0 Å². The maximum absolute atomic E-state index is 13.5. The normalized spacial score (nSPS) is 12.6. The van der Waals surface area contributed by atoms with Gasteiger partial charge in [0, 0.05) is 30.8 Å². The van der Waals surface area contributed by atoms with Gasteiger partial charge in [0.05, 0.1) is 12.4 Å². The van der Waals surface area contributed by atoms with Gasteiger partial charge in [-0.3, -0.25) is 0 Å². The molecule has 0 amide bonds. The summed E-state index contributed by atoms with van der Waals surface area (Å²) in [5.74, 6) is 0.166. The summed E-state index contributed by atoms with van der Waals surface area (Å²) >= 11 is 0. The molecule has 2 aromatic heterocycles. The van der Waals surface area contributed by atoms with E-state index in [1.54, 1.807) is 48.5 Å². The van der Waals surface area contributed by atoms with Crippen molar-refractivity contribution in [1.29, 1.82) is 0 Å². The van der Waals surface area contributed by atoms with E-state index in [1.165, 1.54) is 6.39 Å². The highest BCUT2D eigenvalue weighted by Gasteiger charge is 2.38. The summed E-state index contributed by atoms with van der Waals surface area (Å²) in [7, 11) is 0. The lowest BCUT2D eigenvalue weighted by Crippen LogP contribution is -2.48. The van der Waals surface area contributed by atoms with Crippen LogP contribution >= 0.6 is 0 Å². The minimum Gasteiger partial charge on any atom is -0.423 e. The molecule has 0 spiro atoms. The molecule has 0 saturated heterocycles. The minimum absolute atomic E-state index is 0.0231. The van der Waals surface area contributed by atoms with Crippen LogP contribution in [-0.2, 0) is 13.1 Å². The molecule has 2 aromatic carbocycles. The molecule has 0 aliphatic heterocycles. The van der Waals surface area contributed by atoms with Crippen LogP contribution in [0.25, 0.3) is 22.8 Å². The van der Waals surface area contributed by atoms with Crippen LogP contribution in [0, 0.1) is 5.82 Å². The van der Waals surface area contributed by atoms with Gasteiger partial charge in [0.25, 0.3) is 0 Å². The van der Waals surface area contributed by atoms with Gasteiger partial charge in [-0.1, -0.05) is 36.4 Å². The Morgan fingerprint density at radius 3 is 2.06 bits per heavy atom. The number of alkyl halides is 3. The van der Waals surface area contributed by atoms with Crippen LogP contribution in [0.2, 0.25) is 0 Å². The minimum atomic E-state index is -4.42. The first kappa shape index (κ1) is 23.5. The third-order valence-corrected chi connectivity index (χ3v) is 5.02. The van der Waals surface area contributed by atoms with Crippen molar-refractivity contribution in [3.8, 4) is 22.8 Å². The van der Waals surface area contributed by atoms with Gasteiger partial charge >= 0.3 is 6.18 Å². The number of benzene rings is 2. The van der Waals surface area contributed by atoms with E-state index in [-0.39, 0.29) is 19.6 Å². The lowest BCUT2D eigenvalue weighted by atomic mass is 10.1. The van der Waals surface area contributed by atoms with E-state index in [9.17, 15) is 17.6 Å². The van der Waals surface area contributed by atoms with Crippen LogP contribution in [0.5, 0.6) is 0 Å². The Balaban J connectivity index is 1.29. The smallest absolute Gasteiger partial charge is 0.405 e. The molecule has 2 N–H and O–H groups in total. The number of nitrogens with zero attached hydrogens (tertiary/aromatic N) is 4. The molecular formula is C23H20F4N6O. The zero-order valence-electron chi connectivity index (χ0n) is 17.8. The van der Waals surface area contributed by atoms with Gasteiger partial charge in [-0.15, -0.1) is 10.2 Å². The predicted molar refractivity (Wildman–Crippen MR) is 116 cm³/mol. The van der Waals surface area contributed by atoms with Crippen LogP contribution in [-0.4, -0.2) is 38.9 Å². The van der Waals surface area contributed by atoms with Crippen molar-refractivity contribution in [2.45, 2.75) is 25.3 Å². The van der Waals surface area contributed by atoms with Crippen LogP contribution in [0.15, 0.2) is 71.7 Å². The molecule has 4 aromatic rings. The molecule has 0 aliphatic carbocycles. The summed E-state index contributed by atoms with van der Waals surface area (Å²) < 4.78 is 58.6. The van der Waals surface area contributed by atoms with Gasteiger partial charge in [-0.2, -0.15) is 13.2 Å². The van der Waals surface area contributed by atoms with E-state index < -0.39 is 18.0 Å². The van der Waals surface area contributed by atoms with E-state index in [0.717, 1.165) is 23.5 Å². The second kappa shape index (κ2) is 10.5. The summed E-state index contributed by atoms with van der Waals surface area (Å²) in [5, 5.41) is 12.8. The molecule has 4 rings (SSSR count). The largest absolute Gasteiger partial charge is 0.423 e. The first-order valence-electron chi connectivity index (χ1n) is 10.3. The molecule has 0 radical (unpaired) electrons. The Hall–Kier alpha value is -3.70. The Labute approximate surface area is 192 Å². The zero-order valence-corrected chi connectivity index (χ0v) is 17.8. The highest BCUT2D eigenvalue weighted by molar-refractivity contribution is 5.55. The standard InChI is InChI=1S/C23H20F4N6O/c24-19-11-30-21(31-12-19)17-5-1-16(2-6-17)10-29-20(23(25,26)27)13-28-9-15-3-7-18(8-4-15)22-33-32-14-34-22/h1-8,11-12,14,20,28-29H,9-10,13H2. The average molecular weight is 472 g/mol. The van der Waals surface area contributed by atoms with E-state index in [4.69, 9.17) is 4.42 Å². The topological polar surface area (TPSA) is 88.8 Å². The lowest BCUT2D eigenvalue weighted by molar-refractivity contribution is -0.155. The molecule has 7 nitrogen and oxygen atoms in total. The first-order chi connectivity index (χ1) is 16.4. The quantitative estimate of drug-likeness (QED) is 0.354. The highest BCUT2D eigenvalue weighted by atomic mass is 19.4. The number of aromatic nitrogens is 4. The molecule has 11 heteroatoms. The summed E-state index contributed by atoms with van der Waals surface area (Å²) in [6.07, 6.45) is -1.08. The predicted octanol–water partition coefficient (Wildman–Crippen LogP) is 4.14. The molecule has 0 bridgehead atoms. The van der Waals surface area contributed by atoms with Crippen molar-refractivity contribution in [1.82, 2.24) is 30.8 Å². The fourth-order valence-electron chi connectivity index (χ4n) is 3.20. The number of rotatable bonds is 9. The highest BCUT2D eigenvalue weighted by Crippen LogP contribution is 2.21. The second-order valence-corrected chi connectivity index (χ2v) is 7.47.